The molecule has 0 saturated heterocycles. The Morgan fingerprint density at radius 1 is 1.27 bits per heavy atom. The molecule has 22 heavy (non-hydrogen) atoms. The summed E-state index contributed by atoms with van der Waals surface area (Å²) in [6, 6.07) is 0.795. The summed E-state index contributed by atoms with van der Waals surface area (Å²) in [5.74, 6) is -1.62. The van der Waals surface area contributed by atoms with Gasteiger partial charge in [0.05, 0.1) is 13.2 Å². The number of carboxylic acid groups (broad SMARTS) is 1. The molecule has 1 unspecified atom stereocenters. The van der Waals surface area contributed by atoms with Gasteiger partial charge in [-0.1, -0.05) is 13.8 Å². The number of hydrogen-bond acceptors (Lipinski definition) is 6. The molecule has 124 valence electrons. The van der Waals surface area contributed by atoms with Crippen LogP contribution in [0, 0.1) is 17.2 Å². The molecule has 0 spiro atoms. The van der Waals surface area contributed by atoms with E-state index in [1.54, 1.807) is 6.07 Å². The Morgan fingerprint density at radius 2 is 1.82 bits per heavy atom. The highest BCUT2D eigenvalue weighted by Gasteiger charge is 2.20. The molecule has 1 atom stereocenters. The molecule has 0 aliphatic rings. The molecule has 0 aromatic carbocycles. The number of carbonyl (C=O) groups is 2. The van der Waals surface area contributed by atoms with Crippen molar-refractivity contribution in [2.75, 3.05) is 26.3 Å². The van der Waals surface area contributed by atoms with Crippen molar-refractivity contribution in [3.05, 3.63) is 11.8 Å². The van der Waals surface area contributed by atoms with Gasteiger partial charge in [0.2, 0.25) is 0 Å². The van der Waals surface area contributed by atoms with Crippen LogP contribution in [0.15, 0.2) is 11.8 Å². The molecule has 8 heteroatoms. The summed E-state index contributed by atoms with van der Waals surface area (Å²) in [7, 11) is 0. The standard InChI is InChI=1S/C14H23N3O5/c1-10(2)7-12(14(21)22)16-9-11(8-15)13(20)17(3-5-18)4-6-19/h9-10,12,16,18-19H,3-7H2,1-2H3,(H,21,22)/b11-9-. The van der Waals surface area contributed by atoms with Crippen molar-refractivity contribution in [3.8, 4) is 6.07 Å². The minimum atomic E-state index is -1.07. The number of hydrogen-bond donors (Lipinski definition) is 4. The molecule has 8 nitrogen and oxygen atoms in total. The highest BCUT2D eigenvalue weighted by atomic mass is 16.4. The molecule has 0 aromatic rings. The van der Waals surface area contributed by atoms with Crippen LogP contribution < -0.4 is 5.32 Å². The van der Waals surface area contributed by atoms with Crippen molar-refractivity contribution >= 4 is 11.9 Å². The van der Waals surface area contributed by atoms with Gasteiger partial charge in [0.25, 0.3) is 5.91 Å². The van der Waals surface area contributed by atoms with E-state index < -0.39 is 17.9 Å². The number of rotatable bonds is 10. The summed E-state index contributed by atoms with van der Waals surface area (Å²) in [6.45, 7) is 3.08. The van der Waals surface area contributed by atoms with Crippen molar-refractivity contribution in [2.24, 2.45) is 5.92 Å². The van der Waals surface area contributed by atoms with Crippen LogP contribution in [0.5, 0.6) is 0 Å². The van der Waals surface area contributed by atoms with Crippen LogP contribution in [0.3, 0.4) is 0 Å². The summed E-state index contributed by atoms with van der Waals surface area (Å²) in [4.78, 5) is 24.3. The third kappa shape index (κ3) is 7.06. The largest absolute Gasteiger partial charge is 0.480 e. The molecule has 0 aliphatic carbocycles. The maximum Gasteiger partial charge on any atom is 0.326 e. The highest BCUT2D eigenvalue weighted by molar-refractivity contribution is 5.97. The molecule has 0 aromatic heterocycles. The van der Waals surface area contributed by atoms with Crippen molar-refractivity contribution in [3.63, 3.8) is 0 Å². The van der Waals surface area contributed by atoms with Gasteiger partial charge < -0.3 is 25.5 Å². The van der Waals surface area contributed by atoms with Crippen LogP contribution >= 0.6 is 0 Å². The van der Waals surface area contributed by atoms with Crippen LogP contribution in [-0.2, 0) is 9.59 Å². The second kappa shape index (κ2) is 10.6. The number of nitrogens with zero attached hydrogens (tertiary/aromatic N) is 2. The van der Waals surface area contributed by atoms with E-state index in [-0.39, 0.29) is 37.8 Å². The summed E-state index contributed by atoms with van der Waals surface area (Å²) >= 11 is 0. The molecular formula is C14H23N3O5. The van der Waals surface area contributed by atoms with E-state index in [9.17, 15) is 9.59 Å². The Hall–Kier alpha value is -2.11. The molecule has 0 fully saturated rings. The maximum atomic E-state index is 12.1. The second-order valence-corrected chi connectivity index (χ2v) is 5.10. The van der Waals surface area contributed by atoms with Crippen molar-refractivity contribution in [2.45, 2.75) is 26.3 Å². The summed E-state index contributed by atoms with van der Waals surface area (Å²) in [5, 5.41) is 38.5. The van der Waals surface area contributed by atoms with Crippen LogP contribution in [0.1, 0.15) is 20.3 Å². The summed E-state index contributed by atoms with van der Waals surface area (Å²) in [5.41, 5.74) is -0.281. The predicted octanol–water partition coefficient (Wildman–Crippen LogP) is -0.704. The number of aliphatic hydroxyl groups is 2. The van der Waals surface area contributed by atoms with E-state index >= 15 is 0 Å². The fourth-order valence-electron chi connectivity index (χ4n) is 1.76. The molecule has 0 aliphatic heterocycles. The number of carbonyl (C=O) groups excluding carboxylic acids is 1. The zero-order valence-electron chi connectivity index (χ0n) is 12.8. The summed E-state index contributed by atoms with van der Waals surface area (Å²) in [6.07, 6.45) is 1.42. The molecule has 0 saturated carbocycles. The van der Waals surface area contributed by atoms with Crippen molar-refractivity contribution in [1.29, 1.82) is 5.26 Å². The molecule has 0 heterocycles. The molecule has 0 rings (SSSR count). The Bertz CT molecular complexity index is 436. The second-order valence-electron chi connectivity index (χ2n) is 5.10. The average molecular weight is 313 g/mol. The number of aliphatic carboxylic acids is 1. The first kappa shape index (κ1) is 19.9. The lowest BCUT2D eigenvalue weighted by atomic mass is 10.0. The Balaban J connectivity index is 5.02. The average Bonchev–Trinajstić information content (AvgIpc) is 2.45. The minimum Gasteiger partial charge on any atom is -0.480 e. The molecular weight excluding hydrogens is 290 g/mol. The molecule has 0 bridgehead atoms. The number of amides is 1. The van der Waals surface area contributed by atoms with Gasteiger partial charge in [-0.2, -0.15) is 5.26 Å². The Labute approximate surface area is 129 Å². The van der Waals surface area contributed by atoms with Gasteiger partial charge in [-0.15, -0.1) is 0 Å². The van der Waals surface area contributed by atoms with Gasteiger partial charge in [-0.05, 0) is 12.3 Å². The van der Waals surface area contributed by atoms with E-state index in [4.69, 9.17) is 20.6 Å². The zero-order chi connectivity index (χ0) is 17.1. The van der Waals surface area contributed by atoms with E-state index in [1.807, 2.05) is 13.8 Å². The van der Waals surface area contributed by atoms with Gasteiger partial charge in [0.1, 0.15) is 17.7 Å². The van der Waals surface area contributed by atoms with Crippen LogP contribution in [0.4, 0.5) is 0 Å². The number of aliphatic hydroxyl groups excluding tert-OH is 2. The van der Waals surface area contributed by atoms with Gasteiger partial charge in [-0.25, -0.2) is 4.79 Å². The molecule has 4 N–H and O–H groups in total. The monoisotopic (exact) mass is 313 g/mol. The number of nitrogens with one attached hydrogen (secondary N) is 1. The third-order valence-electron chi connectivity index (χ3n) is 2.81. The zero-order valence-corrected chi connectivity index (χ0v) is 12.8. The van der Waals surface area contributed by atoms with Crippen molar-refractivity contribution in [1.82, 2.24) is 10.2 Å². The van der Waals surface area contributed by atoms with Crippen LogP contribution in [0.25, 0.3) is 0 Å². The van der Waals surface area contributed by atoms with Gasteiger partial charge >= 0.3 is 5.97 Å². The minimum absolute atomic E-state index is 0.0211. The predicted molar refractivity (Wildman–Crippen MR) is 78.5 cm³/mol. The van der Waals surface area contributed by atoms with Crippen LogP contribution in [-0.4, -0.2) is 64.4 Å². The first-order valence-electron chi connectivity index (χ1n) is 6.97. The normalized spacial score (nSPS) is 12.6. The smallest absolute Gasteiger partial charge is 0.326 e. The number of carboxylic acids is 1. The maximum absolute atomic E-state index is 12.1. The SMILES string of the molecule is CC(C)CC(N/C=C(/C#N)C(=O)N(CCO)CCO)C(=O)O. The fraction of sp³-hybridized carbons (Fsp3) is 0.643. The van der Waals surface area contributed by atoms with Gasteiger partial charge in [0.15, 0.2) is 0 Å². The lowest BCUT2D eigenvalue weighted by Gasteiger charge is -2.20. The Kier molecular flexibility index (Phi) is 9.58. The lowest BCUT2D eigenvalue weighted by Crippen LogP contribution is -2.38. The summed E-state index contributed by atoms with van der Waals surface area (Å²) < 4.78 is 0. The van der Waals surface area contributed by atoms with E-state index in [2.05, 4.69) is 5.32 Å². The highest BCUT2D eigenvalue weighted by Crippen LogP contribution is 2.06. The molecule has 0 radical (unpaired) electrons. The third-order valence-corrected chi connectivity index (χ3v) is 2.81. The van der Waals surface area contributed by atoms with Crippen LogP contribution in [0.2, 0.25) is 0 Å². The first-order chi connectivity index (χ1) is 10.4. The van der Waals surface area contributed by atoms with Crippen molar-refractivity contribution < 1.29 is 24.9 Å². The Morgan fingerprint density at radius 3 is 2.18 bits per heavy atom. The first-order valence-corrected chi connectivity index (χ1v) is 6.97. The van der Waals surface area contributed by atoms with E-state index in [1.165, 1.54) is 0 Å². The quantitative estimate of drug-likeness (QED) is 0.309. The van der Waals surface area contributed by atoms with Gasteiger partial charge in [0, 0.05) is 19.3 Å². The van der Waals surface area contributed by atoms with E-state index in [0.29, 0.717) is 6.42 Å². The lowest BCUT2D eigenvalue weighted by molar-refractivity contribution is -0.139. The van der Waals surface area contributed by atoms with E-state index in [0.717, 1.165) is 11.1 Å². The number of nitriles is 1. The van der Waals surface area contributed by atoms with Gasteiger partial charge in [-0.3, -0.25) is 4.79 Å². The molecule has 1 amide bonds. The topological polar surface area (TPSA) is 134 Å². The fourth-order valence-corrected chi connectivity index (χ4v) is 1.76.